The van der Waals surface area contributed by atoms with Gasteiger partial charge in [-0.1, -0.05) is 30.7 Å². The maximum atomic E-state index is 13.1. The summed E-state index contributed by atoms with van der Waals surface area (Å²) in [7, 11) is 0. The van der Waals surface area contributed by atoms with Crippen molar-refractivity contribution in [2.75, 3.05) is 23.7 Å². The third kappa shape index (κ3) is 5.57. The quantitative estimate of drug-likeness (QED) is 0.411. The van der Waals surface area contributed by atoms with Crippen LogP contribution in [0.15, 0.2) is 53.1 Å². The van der Waals surface area contributed by atoms with Crippen LogP contribution in [-0.2, 0) is 0 Å². The summed E-state index contributed by atoms with van der Waals surface area (Å²) in [5, 5.41) is 10.6. The lowest BCUT2D eigenvalue weighted by atomic mass is 9.80. The number of aromatic nitrogens is 1. The SMILES string of the molecule is Cc1cc(C(C)C(Nc2ccccc2C(=O)Nc2ccc(Cl)cn2)C2CCNCC2)c(C)o1. The highest BCUT2D eigenvalue weighted by Gasteiger charge is 2.31. The second-order valence-electron chi connectivity index (χ2n) is 8.78. The minimum Gasteiger partial charge on any atom is -0.466 e. The Balaban J connectivity index is 1.61. The van der Waals surface area contributed by atoms with Gasteiger partial charge in [0.2, 0.25) is 0 Å². The second-order valence-corrected chi connectivity index (χ2v) is 9.21. The molecular formula is C26H31ClN4O2. The molecule has 0 aliphatic carbocycles. The number of carbonyl (C=O) groups is 1. The highest BCUT2D eigenvalue weighted by molar-refractivity contribution is 6.30. The predicted octanol–water partition coefficient (Wildman–Crippen LogP) is 5.78. The van der Waals surface area contributed by atoms with Crippen LogP contribution in [0.25, 0.3) is 0 Å². The molecule has 2 unspecified atom stereocenters. The number of carbonyl (C=O) groups excluding carboxylic acids is 1. The fourth-order valence-electron chi connectivity index (χ4n) is 4.77. The van der Waals surface area contributed by atoms with Gasteiger partial charge in [0.1, 0.15) is 17.3 Å². The molecule has 4 rings (SSSR count). The van der Waals surface area contributed by atoms with E-state index in [-0.39, 0.29) is 17.9 Å². The number of halogens is 1. The molecule has 1 aliphatic heterocycles. The molecule has 174 valence electrons. The first-order chi connectivity index (χ1) is 15.9. The van der Waals surface area contributed by atoms with E-state index in [1.807, 2.05) is 38.1 Å². The van der Waals surface area contributed by atoms with Gasteiger partial charge in [0.25, 0.3) is 5.91 Å². The Labute approximate surface area is 200 Å². The number of anilines is 2. The van der Waals surface area contributed by atoms with Crippen molar-refractivity contribution in [1.29, 1.82) is 0 Å². The zero-order valence-electron chi connectivity index (χ0n) is 19.3. The molecule has 3 aromatic rings. The molecule has 1 aliphatic rings. The lowest BCUT2D eigenvalue weighted by molar-refractivity contribution is 0.102. The molecular weight excluding hydrogens is 436 g/mol. The number of amides is 1. The lowest BCUT2D eigenvalue weighted by Crippen LogP contribution is -2.41. The number of nitrogens with one attached hydrogen (secondary N) is 3. The van der Waals surface area contributed by atoms with Gasteiger partial charge in [0, 0.05) is 23.8 Å². The van der Waals surface area contributed by atoms with Crippen LogP contribution >= 0.6 is 11.6 Å². The first-order valence-electron chi connectivity index (χ1n) is 11.5. The molecule has 0 spiro atoms. The summed E-state index contributed by atoms with van der Waals surface area (Å²) < 4.78 is 5.84. The fourth-order valence-corrected chi connectivity index (χ4v) is 4.88. The average Bonchev–Trinajstić information content (AvgIpc) is 3.17. The van der Waals surface area contributed by atoms with Gasteiger partial charge in [-0.25, -0.2) is 4.98 Å². The van der Waals surface area contributed by atoms with Gasteiger partial charge in [-0.2, -0.15) is 0 Å². The summed E-state index contributed by atoms with van der Waals surface area (Å²) in [5.74, 6) is 2.84. The topological polar surface area (TPSA) is 79.2 Å². The third-order valence-electron chi connectivity index (χ3n) is 6.46. The summed E-state index contributed by atoms with van der Waals surface area (Å²) >= 11 is 5.92. The first kappa shape index (κ1) is 23.3. The number of furan rings is 1. The van der Waals surface area contributed by atoms with Crippen molar-refractivity contribution < 1.29 is 9.21 Å². The van der Waals surface area contributed by atoms with Crippen LogP contribution in [0, 0.1) is 19.8 Å². The van der Waals surface area contributed by atoms with Crippen LogP contribution < -0.4 is 16.0 Å². The number of piperidine rings is 1. The third-order valence-corrected chi connectivity index (χ3v) is 6.69. The Morgan fingerprint density at radius 3 is 2.61 bits per heavy atom. The van der Waals surface area contributed by atoms with Crippen LogP contribution in [0.3, 0.4) is 0 Å². The molecule has 1 aromatic carbocycles. The standard InChI is InChI=1S/C26H31ClN4O2/c1-16-14-22(18(3)33-16)17(2)25(19-10-12-28-13-11-19)30-23-7-5-4-6-21(23)26(32)31-24-9-8-20(27)15-29-24/h4-9,14-15,17,19,25,28,30H,10-13H2,1-3H3,(H,29,31,32). The Bertz CT molecular complexity index is 1090. The van der Waals surface area contributed by atoms with Crippen LogP contribution in [0.2, 0.25) is 5.02 Å². The molecule has 2 atom stereocenters. The Hall–Kier alpha value is -2.83. The number of benzene rings is 1. The predicted molar refractivity (Wildman–Crippen MR) is 133 cm³/mol. The van der Waals surface area contributed by atoms with Crippen LogP contribution in [0.5, 0.6) is 0 Å². The van der Waals surface area contributed by atoms with E-state index < -0.39 is 0 Å². The number of pyridine rings is 1. The first-order valence-corrected chi connectivity index (χ1v) is 11.9. The van der Waals surface area contributed by atoms with Gasteiger partial charge in [-0.3, -0.25) is 4.79 Å². The summed E-state index contributed by atoms with van der Waals surface area (Å²) in [4.78, 5) is 17.3. The Morgan fingerprint density at radius 1 is 1.18 bits per heavy atom. The molecule has 1 saturated heterocycles. The molecule has 3 N–H and O–H groups in total. The van der Waals surface area contributed by atoms with Gasteiger partial charge >= 0.3 is 0 Å². The van der Waals surface area contributed by atoms with E-state index in [9.17, 15) is 4.79 Å². The molecule has 3 heterocycles. The molecule has 6 nitrogen and oxygen atoms in total. The van der Waals surface area contributed by atoms with E-state index in [1.54, 1.807) is 12.1 Å². The Kier molecular flexibility index (Phi) is 7.36. The highest BCUT2D eigenvalue weighted by Crippen LogP contribution is 2.35. The van der Waals surface area contributed by atoms with Gasteiger partial charge in [0.15, 0.2) is 0 Å². The molecule has 2 aromatic heterocycles. The van der Waals surface area contributed by atoms with E-state index in [4.69, 9.17) is 16.0 Å². The number of aryl methyl sites for hydroxylation is 2. The highest BCUT2D eigenvalue weighted by atomic mass is 35.5. The van der Waals surface area contributed by atoms with Crippen molar-refractivity contribution in [3.05, 3.63) is 76.3 Å². The number of para-hydroxylation sites is 1. The molecule has 1 amide bonds. The van der Waals surface area contributed by atoms with Crippen LogP contribution in [-0.4, -0.2) is 30.0 Å². The molecule has 33 heavy (non-hydrogen) atoms. The zero-order chi connectivity index (χ0) is 23.4. The minimum atomic E-state index is -0.208. The average molecular weight is 467 g/mol. The summed E-state index contributed by atoms with van der Waals surface area (Å²) in [6.45, 7) is 8.27. The summed E-state index contributed by atoms with van der Waals surface area (Å²) in [6, 6.07) is 13.3. The number of hydrogen-bond donors (Lipinski definition) is 3. The monoisotopic (exact) mass is 466 g/mol. The van der Waals surface area contributed by atoms with Crippen molar-refractivity contribution in [2.24, 2.45) is 5.92 Å². The van der Waals surface area contributed by atoms with Crippen molar-refractivity contribution in [3.63, 3.8) is 0 Å². The molecule has 0 saturated carbocycles. The van der Waals surface area contributed by atoms with Crippen LogP contribution in [0.4, 0.5) is 11.5 Å². The molecule has 7 heteroatoms. The lowest BCUT2D eigenvalue weighted by Gasteiger charge is -2.36. The maximum absolute atomic E-state index is 13.1. The summed E-state index contributed by atoms with van der Waals surface area (Å²) in [6.07, 6.45) is 3.69. The van der Waals surface area contributed by atoms with E-state index in [1.165, 1.54) is 11.8 Å². The van der Waals surface area contributed by atoms with Crippen molar-refractivity contribution in [3.8, 4) is 0 Å². The minimum absolute atomic E-state index is 0.158. The van der Waals surface area contributed by atoms with Crippen molar-refractivity contribution >= 4 is 29.0 Å². The largest absolute Gasteiger partial charge is 0.466 e. The van der Waals surface area contributed by atoms with E-state index >= 15 is 0 Å². The zero-order valence-corrected chi connectivity index (χ0v) is 20.1. The molecule has 1 fully saturated rings. The van der Waals surface area contributed by atoms with Gasteiger partial charge in [-0.05, 0) is 81.6 Å². The van der Waals surface area contributed by atoms with E-state index in [2.05, 4.69) is 33.9 Å². The van der Waals surface area contributed by atoms with E-state index in [0.717, 1.165) is 43.1 Å². The van der Waals surface area contributed by atoms with Gasteiger partial charge < -0.3 is 20.4 Å². The number of nitrogens with zero attached hydrogens (tertiary/aromatic N) is 1. The number of hydrogen-bond acceptors (Lipinski definition) is 5. The van der Waals surface area contributed by atoms with E-state index in [0.29, 0.717) is 22.3 Å². The van der Waals surface area contributed by atoms with Gasteiger partial charge in [0.05, 0.1) is 10.6 Å². The van der Waals surface area contributed by atoms with Crippen molar-refractivity contribution in [2.45, 2.75) is 45.6 Å². The van der Waals surface area contributed by atoms with Crippen molar-refractivity contribution in [1.82, 2.24) is 10.3 Å². The maximum Gasteiger partial charge on any atom is 0.258 e. The smallest absolute Gasteiger partial charge is 0.258 e. The van der Waals surface area contributed by atoms with Crippen LogP contribution in [0.1, 0.15) is 53.1 Å². The molecule has 0 bridgehead atoms. The second kappa shape index (κ2) is 10.4. The fraction of sp³-hybridized carbons (Fsp3) is 0.385. The molecule has 0 radical (unpaired) electrons. The normalized spacial score (nSPS) is 16.2. The van der Waals surface area contributed by atoms with Gasteiger partial charge in [-0.15, -0.1) is 0 Å². The summed E-state index contributed by atoms with van der Waals surface area (Å²) in [5.41, 5.74) is 2.62. The Morgan fingerprint density at radius 2 is 1.94 bits per heavy atom. The number of rotatable bonds is 7.